The van der Waals surface area contributed by atoms with E-state index in [1.165, 1.54) is 6.42 Å². The van der Waals surface area contributed by atoms with Crippen LogP contribution in [0.3, 0.4) is 0 Å². The van der Waals surface area contributed by atoms with Crippen LogP contribution in [0.1, 0.15) is 32.1 Å². The summed E-state index contributed by atoms with van der Waals surface area (Å²) in [7, 11) is 0. The number of anilines is 3. The van der Waals surface area contributed by atoms with Gasteiger partial charge in [-0.15, -0.1) is 0 Å². The molecular weight excluding hydrogens is 336 g/mol. The van der Waals surface area contributed by atoms with Crippen LogP contribution in [-0.4, -0.2) is 11.9 Å². The molecule has 1 aliphatic carbocycles. The highest BCUT2D eigenvalue weighted by molar-refractivity contribution is 5.98. The first kappa shape index (κ1) is 18.5. The van der Waals surface area contributed by atoms with E-state index in [2.05, 4.69) is 11.4 Å². The molecule has 0 aliphatic heterocycles. The van der Waals surface area contributed by atoms with Gasteiger partial charge in [-0.05, 0) is 49.2 Å². The number of nitriles is 1. The Morgan fingerprint density at radius 3 is 2.30 bits per heavy atom. The minimum Gasteiger partial charge on any atom is -0.399 e. The van der Waals surface area contributed by atoms with Crippen molar-refractivity contribution in [2.45, 2.75) is 38.1 Å². The fourth-order valence-corrected chi connectivity index (χ4v) is 3.30. The maximum atomic E-state index is 12.6. The molecule has 0 spiro atoms. The van der Waals surface area contributed by atoms with E-state index in [9.17, 15) is 10.1 Å². The molecule has 0 unspecified atom stereocenters. The second-order valence-corrected chi connectivity index (χ2v) is 6.76. The number of amides is 1. The fraction of sp³-hybridized carbons (Fsp3) is 0.273. The number of nitrogens with zero attached hydrogens (tertiary/aromatic N) is 2. The molecule has 0 aromatic heterocycles. The van der Waals surface area contributed by atoms with Gasteiger partial charge in [-0.2, -0.15) is 5.26 Å². The summed E-state index contributed by atoms with van der Waals surface area (Å²) < 4.78 is 0. The van der Waals surface area contributed by atoms with Crippen molar-refractivity contribution in [2.75, 3.05) is 10.6 Å². The molecular formula is C22H24N4O. The summed E-state index contributed by atoms with van der Waals surface area (Å²) in [5.74, 6) is -0.319. The lowest BCUT2D eigenvalue weighted by Gasteiger charge is -2.24. The zero-order valence-corrected chi connectivity index (χ0v) is 15.3. The van der Waals surface area contributed by atoms with Crippen LogP contribution in [0.15, 0.2) is 66.4 Å². The highest BCUT2D eigenvalue weighted by Crippen LogP contribution is 2.27. The van der Waals surface area contributed by atoms with Crippen LogP contribution in [0.2, 0.25) is 0 Å². The Kier molecular flexibility index (Phi) is 6.11. The van der Waals surface area contributed by atoms with Crippen LogP contribution in [0.25, 0.3) is 0 Å². The summed E-state index contributed by atoms with van der Waals surface area (Å²) in [6.45, 7) is 0. The Hall–Kier alpha value is -3.26. The van der Waals surface area contributed by atoms with E-state index in [0.717, 1.165) is 37.1 Å². The standard InChI is InChI=1S/C22H24N4O/c23-15-17(22(27)25-19-7-3-1-4-8-19)16-26(20-9-5-2-6-10-20)21-13-11-18(24)12-14-21/h2,5-6,9-14,16,19H,1,3-4,7-8,24H2,(H,25,27)/b17-16-. The first-order valence-electron chi connectivity index (χ1n) is 9.30. The number of para-hydroxylation sites is 1. The van der Waals surface area contributed by atoms with Crippen LogP contribution in [-0.2, 0) is 4.79 Å². The Bertz CT molecular complexity index is 831. The maximum Gasteiger partial charge on any atom is 0.263 e. The van der Waals surface area contributed by atoms with Crippen LogP contribution in [0.5, 0.6) is 0 Å². The van der Waals surface area contributed by atoms with E-state index >= 15 is 0 Å². The SMILES string of the molecule is N#C/C(=C/N(c1ccccc1)c1ccc(N)cc1)C(=O)NC1CCCCC1. The molecule has 5 nitrogen and oxygen atoms in total. The number of carbonyl (C=O) groups is 1. The van der Waals surface area contributed by atoms with Gasteiger partial charge in [-0.1, -0.05) is 37.5 Å². The number of hydrogen-bond acceptors (Lipinski definition) is 4. The molecule has 27 heavy (non-hydrogen) atoms. The van der Waals surface area contributed by atoms with Gasteiger partial charge in [0.25, 0.3) is 5.91 Å². The second kappa shape index (κ2) is 8.91. The van der Waals surface area contributed by atoms with Gasteiger partial charge in [-0.3, -0.25) is 4.79 Å². The van der Waals surface area contributed by atoms with Crippen LogP contribution >= 0.6 is 0 Å². The van der Waals surface area contributed by atoms with Crippen molar-refractivity contribution < 1.29 is 4.79 Å². The monoisotopic (exact) mass is 360 g/mol. The highest BCUT2D eigenvalue weighted by Gasteiger charge is 2.19. The molecule has 1 fully saturated rings. The number of nitrogen functional groups attached to an aromatic ring is 1. The largest absolute Gasteiger partial charge is 0.399 e. The Labute approximate surface area is 160 Å². The zero-order valence-electron chi connectivity index (χ0n) is 15.3. The fourth-order valence-electron chi connectivity index (χ4n) is 3.30. The van der Waals surface area contributed by atoms with Gasteiger partial charge in [-0.25, -0.2) is 0 Å². The molecule has 0 heterocycles. The van der Waals surface area contributed by atoms with Gasteiger partial charge in [0, 0.05) is 29.3 Å². The number of hydrogen-bond donors (Lipinski definition) is 2. The third-order valence-electron chi connectivity index (χ3n) is 4.77. The summed E-state index contributed by atoms with van der Waals surface area (Å²) in [4.78, 5) is 14.5. The molecule has 0 bridgehead atoms. The maximum absolute atomic E-state index is 12.6. The Morgan fingerprint density at radius 1 is 1.04 bits per heavy atom. The second-order valence-electron chi connectivity index (χ2n) is 6.76. The first-order chi connectivity index (χ1) is 13.2. The number of rotatable bonds is 5. The summed E-state index contributed by atoms with van der Waals surface area (Å²) >= 11 is 0. The van der Waals surface area contributed by atoms with Gasteiger partial charge < -0.3 is 16.0 Å². The molecule has 0 radical (unpaired) electrons. The summed E-state index contributed by atoms with van der Waals surface area (Å²) in [5.41, 5.74) is 8.23. The van der Waals surface area contributed by atoms with Crippen molar-refractivity contribution in [2.24, 2.45) is 0 Å². The van der Waals surface area contributed by atoms with E-state index in [0.29, 0.717) is 5.69 Å². The smallest absolute Gasteiger partial charge is 0.263 e. The molecule has 1 saturated carbocycles. The summed E-state index contributed by atoms with van der Waals surface area (Å²) in [5, 5.41) is 12.6. The van der Waals surface area contributed by atoms with E-state index in [1.807, 2.05) is 47.4 Å². The van der Waals surface area contributed by atoms with E-state index in [4.69, 9.17) is 5.73 Å². The summed E-state index contributed by atoms with van der Waals surface area (Å²) in [6, 6.07) is 19.2. The molecule has 3 rings (SSSR count). The van der Waals surface area contributed by atoms with Gasteiger partial charge in [0.1, 0.15) is 11.6 Å². The predicted octanol–water partition coefficient (Wildman–Crippen LogP) is 4.26. The van der Waals surface area contributed by atoms with Crippen molar-refractivity contribution >= 4 is 23.0 Å². The van der Waals surface area contributed by atoms with Crippen molar-refractivity contribution in [1.82, 2.24) is 5.32 Å². The number of nitrogens with two attached hydrogens (primary N) is 1. The number of nitrogens with one attached hydrogen (secondary N) is 1. The molecule has 5 heteroatoms. The number of carbonyl (C=O) groups excluding carboxylic acids is 1. The molecule has 1 amide bonds. The molecule has 2 aromatic rings. The number of benzene rings is 2. The molecule has 3 N–H and O–H groups in total. The van der Waals surface area contributed by atoms with E-state index in [-0.39, 0.29) is 17.5 Å². The first-order valence-corrected chi connectivity index (χ1v) is 9.30. The van der Waals surface area contributed by atoms with Crippen LogP contribution < -0.4 is 16.0 Å². The topological polar surface area (TPSA) is 82.2 Å². The average Bonchev–Trinajstić information content (AvgIpc) is 2.71. The van der Waals surface area contributed by atoms with Crippen molar-refractivity contribution in [1.29, 1.82) is 5.26 Å². The van der Waals surface area contributed by atoms with Crippen molar-refractivity contribution in [3.8, 4) is 6.07 Å². The van der Waals surface area contributed by atoms with Crippen molar-refractivity contribution in [3.63, 3.8) is 0 Å². The predicted molar refractivity (Wildman–Crippen MR) is 108 cm³/mol. The quantitative estimate of drug-likeness (QED) is 0.474. The van der Waals surface area contributed by atoms with Crippen LogP contribution in [0.4, 0.5) is 17.1 Å². The Balaban J connectivity index is 1.89. The Morgan fingerprint density at radius 2 is 1.67 bits per heavy atom. The molecule has 2 aromatic carbocycles. The summed E-state index contributed by atoms with van der Waals surface area (Å²) in [6.07, 6.45) is 7.01. The third kappa shape index (κ3) is 4.89. The van der Waals surface area contributed by atoms with Gasteiger partial charge in [0.15, 0.2) is 0 Å². The minimum absolute atomic E-state index is 0.0845. The van der Waals surface area contributed by atoms with Crippen LogP contribution in [0, 0.1) is 11.3 Å². The normalized spacial score (nSPS) is 15.0. The van der Waals surface area contributed by atoms with E-state index in [1.54, 1.807) is 18.3 Å². The van der Waals surface area contributed by atoms with Gasteiger partial charge in [0.2, 0.25) is 0 Å². The third-order valence-corrected chi connectivity index (χ3v) is 4.77. The van der Waals surface area contributed by atoms with Gasteiger partial charge in [0.05, 0.1) is 0 Å². The average molecular weight is 360 g/mol. The highest BCUT2D eigenvalue weighted by atomic mass is 16.1. The molecule has 0 atom stereocenters. The van der Waals surface area contributed by atoms with Crippen molar-refractivity contribution in [3.05, 3.63) is 66.4 Å². The lowest BCUT2D eigenvalue weighted by Crippen LogP contribution is -2.37. The van der Waals surface area contributed by atoms with Gasteiger partial charge >= 0.3 is 0 Å². The lowest BCUT2D eigenvalue weighted by molar-refractivity contribution is -0.118. The van der Waals surface area contributed by atoms with E-state index < -0.39 is 0 Å². The molecule has 138 valence electrons. The molecule has 0 saturated heterocycles. The minimum atomic E-state index is -0.319. The zero-order chi connectivity index (χ0) is 19.1. The lowest BCUT2D eigenvalue weighted by atomic mass is 9.95. The molecule has 1 aliphatic rings.